The van der Waals surface area contributed by atoms with Gasteiger partial charge < -0.3 is 23.9 Å². The number of pyridine rings is 1. The molecule has 3 saturated heterocycles. The predicted octanol–water partition coefficient (Wildman–Crippen LogP) is 3.51. The first-order valence-corrected chi connectivity index (χ1v) is 13.2. The molecule has 3 aliphatic rings. The van der Waals surface area contributed by atoms with E-state index in [2.05, 4.69) is 4.98 Å². The van der Waals surface area contributed by atoms with E-state index in [4.69, 9.17) is 9.15 Å². The Bertz CT molecular complexity index is 1380. The van der Waals surface area contributed by atoms with Crippen LogP contribution in [0.1, 0.15) is 47.8 Å². The van der Waals surface area contributed by atoms with Crippen LogP contribution in [0.25, 0.3) is 11.0 Å². The highest BCUT2D eigenvalue weighted by atomic mass is 16.5. The quantitative estimate of drug-likeness (QED) is 0.527. The second-order valence-electron chi connectivity index (χ2n) is 10.8. The van der Waals surface area contributed by atoms with Gasteiger partial charge in [-0.3, -0.25) is 19.4 Å². The molecule has 0 radical (unpaired) electrons. The number of aromatic nitrogens is 1. The van der Waals surface area contributed by atoms with Crippen LogP contribution in [0.3, 0.4) is 0 Å². The van der Waals surface area contributed by atoms with E-state index in [0.717, 1.165) is 30.2 Å². The number of methoxy groups -OCH3 is 1. The number of carbonyl (C=O) groups excluding carboxylic acids is 3. The molecule has 3 aliphatic heterocycles. The fourth-order valence-corrected chi connectivity index (χ4v) is 6.51. The van der Waals surface area contributed by atoms with Crippen molar-refractivity contribution < 1.29 is 23.5 Å². The average Bonchev–Trinajstić information content (AvgIpc) is 3.65. The molecule has 1 spiro atoms. The van der Waals surface area contributed by atoms with Gasteiger partial charge in [-0.1, -0.05) is 18.2 Å². The lowest BCUT2D eigenvalue weighted by Crippen LogP contribution is -2.45. The van der Waals surface area contributed by atoms with Crippen molar-refractivity contribution >= 4 is 28.7 Å². The summed E-state index contributed by atoms with van der Waals surface area (Å²) < 4.78 is 11.3. The van der Waals surface area contributed by atoms with Crippen molar-refractivity contribution in [2.45, 2.75) is 31.7 Å². The molecule has 0 saturated carbocycles. The zero-order valence-electron chi connectivity index (χ0n) is 21.8. The smallest absolute Gasteiger partial charge is 0.289 e. The molecule has 1 aromatic carbocycles. The predicted molar refractivity (Wildman–Crippen MR) is 139 cm³/mol. The van der Waals surface area contributed by atoms with Crippen LogP contribution in [0.15, 0.2) is 53.2 Å². The summed E-state index contributed by atoms with van der Waals surface area (Å²) in [6.45, 7) is 2.60. The Labute approximate surface area is 221 Å². The Morgan fingerprint density at radius 2 is 1.84 bits per heavy atom. The highest BCUT2D eigenvalue weighted by Crippen LogP contribution is 2.44. The molecule has 6 rings (SSSR count). The lowest BCUT2D eigenvalue weighted by molar-refractivity contribution is -0.136. The van der Waals surface area contributed by atoms with Crippen LogP contribution in [0.4, 0.5) is 0 Å². The Kier molecular flexibility index (Phi) is 6.08. The molecule has 0 N–H and O–H groups in total. The normalized spacial score (nSPS) is 23.0. The standard InChI is InChI=1S/C29H32N4O5/c1-31-24(34)16-21(25(31)20-6-4-11-30-17-20)27(35)33-14-10-29(18-33)8-12-32(13-9-29)28(36)23-15-19-5-3-7-22(37-2)26(19)38-23/h3-7,11,15,17,21,25H,8-10,12-14,16,18H2,1-2H3. The van der Waals surface area contributed by atoms with Gasteiger partial charge in [0.2, 0.25) is 11.8 Å². The highest BCUT2D eigenvalue weighted by Gasteiger charge is 2.48. The van der Waals surface area contributed by atoms with Crippen LogP contribution in [0.2, 0.25) is 0 Å². The van der Waals surface area contributed by atoms with Crippen LogP contribution in [-0.2, 0) is 9.59 Å². The summed E-state index contributed by atoms with van der Waals surface area (Å²) in [5, 5.41) is 0.840. The second kappa shape index (κ2) is 9.45. The van der Waals surface area contributed by atoms with E-state index in [1.54, 1.807) is 37.5 Å². The first-order chi connectivity index (χ1) is 18.4. The van der Waals surface area contributed by atoms with Crippen molar-refractivity contribution in [1.29, 1.82) is 0 Å². The van der Waals surface area contributed by atoms with Crippen LogP contribution >= 0.6 is 0 Å². The molecule has 198 valence electrons. The number of hydrogen-bond donors (Lipinski definition) is 0. The Hall–Kier alpha value is -3.88. The maximum absolute atomic E-state index is 13.7. The molecular formula is C29H32N4O5. The molecule has 3 amide bonds. The molecule has 0 aliphatic carbocycles. The van der Waals surface area contributed by atoms with Crippen molar-refractivity contribution in [1.82, 2.24) is 19.7 Å². The molecule has 2 atom stereocenters. The monoisotopic (exact) mass is 516 g/mol. The number of nitrogens with zero attached hydrogens (tertiary/aromatic N) is 4. The minimum atomic E-state index is -0.404. The van der Waals surface area contributed by atoms with Gasteiger partial charge in [0.05, 0.1) is 19.1 Å². The average molecular weight is 517 g/mol. The molecule has 3 aromatic rings. The zero-order chi connectivity index (χ0) is 26.4. The van der Waals surface area contributed by atoms with Crippen molar-refractivity contribution in [2.75, 3.05) is 40.3 Å². The van der Waals surface area contributed by atoms with E-state index in [0.29, 0.717) is 43.3 Å². The molecular weight excluding hydrogens is 484 g/mol. The third kappa shape index (κ3) is 4.10. The van der Waals surface area contributed by atoms with Gasteiger partial charge in [0.1, 0.15) is 0 Å². The minimum Gasteiger partial charge on any atom is -0.493 e. The summed E-state index contributed by atoms with van der Waals surface area (Å²) in [4.78, 5) is 49.2. The fourth-order valence-electron chi connectivity index (χ4n) is 6.51. The number of fused-ring (bicyclic) bond motifs is 1. The number of para-hydroxylation sites is 1. The first-order valence-electron chi connectivity index (χ1n) is 13.2. The van der Waals surface area contributed by atoms with Crippen LogP contribution < -0.4 is 4.74 Å². The van der Waals surface area contributed by atoms with Gasteiger partial charge in [-0.25, -0.2) is 0 Å². The van der Waals surface area contributed by atoms with Crippen molar-refractivity contribution in [3.05, 3.63) is 60.1 Å². The van der Waals surface area contributed by atoms with Gasteiger partial charge in [0.15, 0.2) is 17.1 Å². The van der Waals surface area contributed by atoms with Gasteiger partial charge in [-0.2, -0.15) is 0 Å². The van der Waals surface area contributed by atoms with Gasteiger partial charge in [0, 0.05) is 57.4 Å². The van der Waals surface area contributed by atoms with Gasteiger partial charge in [-0.15, -0.1) is 0 Å². The minimum absolute atomic E-state index is 0.00184. The van der Waals surface area contributed by atoms with Crippen LogP contribution in [0, 0.1) is 11.3 Å². The number of amides is 3. The van der Waals surface area contributed by atoms with E-state index >= 15 is 0 Å². The van der Waals surface area contributed by atoms with E-state index in [9.17, 15) is 14.4 Å². The zero-order valence-corrected chi connectivity index (χ0v) is 21.8. The van der Waals surface area contributed by atoms with Gasteiger partial charge in [-0.05, 0) is 48.4 Å². The van der Waals surface area contributed by atoms with E-state index < -0.39 is 5.92 Å². The maximum atomic E-state index is 13.7. The summed E-state index contributed by atoms with van der Waals surface area (Å²) >= 11 is 0. The number of hydrogen-bond acceptors (Lipinski definition) is 6. The third-order valence-electron chi connectivity index (χ3n) is 8.73. The molecule has 9 nitrogen and oxygen atoms in total. The molecule has 3 fully saturated rings. The summed E-state index contributed by atoms with van der Waals surface area (Å²) in [5.74, 6) is 0.440. The third-order valence-corrected chi connectivity index (χ3v) is 8.73. The maximum Gasteiger partial charge on any atom is 0.289 e. The number of furan rings is 1. The number of piperidine rings is 1. The topological polar surface area (TPSA) is 96.2 Å². The number of rotatable bonds is 4. The van der Waals surface area contributed by atoms with Crippen LogP contribution in [0.5, 0.6) is 5.75 Å². The fraction of sp³-hybridized carbons (Fsp3) is 0.448. The lowest BCUT2D eigenvalue weighted by atomic mass is 9.77. The lowest BCUT2D eigenvalue weighted by Gasteiger charge is -2.39. The second-order valence-corrected chi connectivity index (χ2v) is 10.8. The highest BCUT2D eigenvalue weighted by molar-refractivity contribution is 5.97. The molecule has 2 unspecified atom stereocenters. The number of ether oxygens (including phenoxy) is 1. The van der Waals surface area contributed by atoms with Crippen molar-refractivity contribution in [2.24, 2.45) is 11.3 Å². The van der Waals surface area contributed by atoms with Crippen LogP contribution in [-0.4, -0.2) is 77.7 Å². The molecule has 5 heterocycles. The van der Waals surface area contributed by atoms with E-state index in [1.807, 2.05) is 40.1 Å². The SMILES string of the molecule is COc1cccc2cc(C(=O)N3CCC4(CC3)CCN(C(=O)C3CC(=O)N(C)C3c3cccnc3)C4)oc12. The summed E-state index contributed by atoms with van der Waals surface area (Å²) in [7, 11) is 3.35. The molecule has 9 heteroatoms. The molecule has 0 bridgehead atoms. The molecule has 38 heavy (non-hydrogen) atoms. The van der Waals surface area contributed by atoms with E-state index in [1.165, 1.54) is 0 Å². The Morgan fingerprint density at radius 3 is 2.55 bits per heavy atom. The van der Waals surface area contributed by atoms with Crippen molar-refractivity contribution in [3.8, 4) is 5.75 Å². The molecule has 2 aromatic heterocycles. The number of benzene rings is 1. The summed E-state index contributed by atoms with van der Waals surface area (Å²) in [5.41, 5.74) is 1.47. The summed E-state index contributed by atoms with van der Waals surface area (Å²) in [6.07, 6.45) is 6.25. The van der Waals surface area contributed by atoms with Crippen molar-refractivity contribution in [3.63, 3.8) is 0 Å². The Morgan fingerprint density at radius 1 is 1.08 bits per heavy atom. The first kappa shape index (κ1) is 24.5. The number of carbonyl (C=O) groups is 3. The van der Waals surface area contributed by atoms with E-state index in [-0.39, 0.29) is 35.6 Å². The largest absolute Gasteiger partial charge is 0.493 e. The summed E-state index contributed by atoms with van der Waals surface area (Å²) in [6, 6.07) is 10.9. The van der Waals surface area contributed by atoms with Gasteiger partial charge >= 0.3 is 0 Å². The number of likely N-dealkylation sites (tertiary alicyclic amines) is 3. The Balaban J connectivity index is 1.11. The van der Waals surface area contributed by atoms with Gasteiger partial charge in [0.25, 0.3) is 5.91 Å².